The predicted octanol–water partition coefficient (Wildman–Crippen LogP) is 2.21. The molecule has 1 saturated heterocycles. The van der Waals surface area contributed by atoms with E-state index in [1.165, 1.54) is 25.9 Å². The van der Waals surface area contributed by atoms with Crippen LogP contribution in [0.1, 0.15) is 33.6 Å². The first-order chi connectivity index (χ1) is 9.54. The van der Waals surface area contributed by atoms with Gasteiger partial charge in [0.1, 0.15) is 0 Å². The Morgan fingerprint density at radius 3 is 2.55 bits per heavy atom. The zero-order valence-electron chi connectivity index (χ0n) is 12.3. The lowest BCUT2D eigenvalue weighted by Gasteiger charge is -2.23. The van der Waals surface area contributed by atoms with Crippen molar-refractivity contribution in [2.24, 2.45) is 0 Å². The molecule has 1 atom stereocenters. The summed E-state index contributed by atoms with van der Waals surface area (Å²) in [7, 11) is 0. The number of likely N-dealkylation sites (tertiary alicyclic amines) is 1. The van der Waals surface area contributed by atoms with Crippen LogP contribution in [0, 0.1) is 0 Å². The van der Waals surface area contributed by atoms with E-state index in [0.29, 0.717) is 12.0 Å². The number of anilines is 1. The van der Waals surface area contributed by atoms with Gasteiger partial charge in [0.05, 0.1) is 6.10 Å². The van der Waals surface area contributed by atoms with Crippen LogP contribution < -0.4 is 10.1 Å². The molecule has 1 aliphatic heterocycles. The van der Waals surface area contributed by atoms with Gasteiger partial charge in [0.2, 0.25) is 11.2 Å². The zero-order chi connectivity index (χ0) is 14.5. The van der Waals surface area contributed by atoms with Gasteiger partial charge in [-0.15, -0.1) is 0 Å². The van der Waals surface area contributed by atoms with Crippen LogP contribution in [0.5, 0.6) is 6.01 Å². The van der Waals surface area contributed by atoms with Gasteiger partial charge < -0.3 is 10.1 Å². The number of hydrogen-bond donors (Lipinski definition) is 1. The van der Waals surface area contributed by atoms with Crippen LogP contribution >= 0.6 is 11.6 Å². The van der Waals surface area contributed by atoms with Crippen LogP contribution in [0.25, 0.3) is 0 Å². The molecule has 1 unspecified atom stereocenters. The molecule has 112 valence electrons. The minimum absolute atomic E-state index is 0.00448. The Hall–Kier alpha value is -1.14. The Kier molecular flexibility index (Phi) is 5.37. The number of halogens is 1. The Morgan fingerprint density at radius 2 is 1.90 bits per heavy atom. The maximum absolute atomic E-state index is 5.88. The highest BCUT2D eigenvalue weighted by Crippen LogP contribution is 2.14. The van der Waals surface area contributed by atoms with Crippen LogP contribution in [0.4, 0.5) is 5.95 Å². The van der Waals surface area contributed by atoms with Crippen LogP contribution in [-0.4, -0.2) is 51.6 Å². The van der Waals surface area contributed by atoms with E-state index in [0.717, 1.165) is 6.54 Å². The number of ether oxygens (including phenoxy) is 1. The number of nitrogens with one attached hydrogen (secondary N) is 1. The number of hydrogen-bond acceptors (Lipinski definition) is 6. The summed E-state index contributed by atoms with van der Waals surface area (Å²) in [5, 5.41) is 3.35. The van der Waals surface area contributed by atoms with Gasteiger partial charge in [0.15, 0.2) is 0 Å². The van der Waals surface area contributed by atoms with Gasteiger partial charge in [-0.25, -0.2) is 0 Å². The molecular formula is C13H22ClN5O. The van der Waals surface area contributed by atoms with E-state index in [1.807, 2.05) is 13.8 Å². The Balaban J connectivity index is 1.92. The van der Waals surface area contributed by atoms with Gasteiger partial charge in [-0.3, -0.25) is 4.90 Å². The highest BCUT2D eigenvalue weighted by atomic mass is 35.5. The molecule has 6 nitrogen and oxygen atoms in total. The van der Waals surface area contributed by atoms with Crippen LogP contribution in [0.15, 0.2) is 0 Å². The van der Waals surface area contributed by atoms with Gasteiger partial charge in [-0.2, -0.15) is 15.0 Å². The average Bonchev–Trinajstić information content (AvgIpc) is 2.88. The fraction of sp³-hybridized carbons (Fsp3) is 0.769. The lowest BCUT2D eigenvalue weighted by atomic mass is 10.3. The molecule has 1 aliphatic rings. The molecule has 0 radical (unpaired) electrons. The van der Waals surface area contributed by atoms with E-state index in [4.69, 9.17) is 16.3 Å². The van der Waals surface area contributed by atoms with E-state index in [-0.39, 0.29) is 17.4 Å². The molecule has 7 heteroatoms. The fourth-order valence-corrected chi connectivity index (χ4v) is 2.38. The zero-order valence-corrected chi connectivity index (χ0v) is 13.0. The highest BCUT2D eigenvalue weighted by Gasteiger charge is 2.18. The molecule has 1 fully saturated rings. The molecule has 2 rings (SSSR count). The maximum atomic E-state index is 5.88. The van der Waals surface area contributed by atoms with Crippen molar-refractivity contribution < 1.29 is 4.74 Å². The van der Waals surface area contributed by atoms with E-state index < -0.39 is 0 Å². The van der Waals surface area contributed by atoms with E-state index in [9.17, 15) is 0 Å². The first kappa shape index (κ1) is 15.3. The second-order valence-electron chi connectivity index (χ2n) is 5.35. The van der Waals surface area contributed by atoms with Crippen molar-refractivity contribution in [3.05, 3.63) is 5.28 Å². The molecule has 0 spiro atoms. The van der Waals surface area contributed by atoms with Crippen molar-refractivity contribution in [3.8, 4) is 6.01 Å². The molecule has 1 aromatic heterocycles. The fourth-order valence-electron chi connectivity index (χ4n) is 2.22. The monoisotopic (exact) mass is 299 g/mol. The van der Waals surface area contributed by atoms with Crippen molar-refractivity contribution in [3.63, 3.8) is 0 Å². The van der Waals surface area contributed by atoms with E-state index in [2.05, 4.69) is 32.1 Å². The standard InChI is InChI=1S/C13H22ClN5O/c1-9(2)20-13-17-11(14)16-12(18-13)15-8-10(3)19-6-4-5-7-19/h9-10H,4-8H2,1-3H3,(H,15,16,17,18). The second kappa shape index (κ2) is 7.04. The summed E-state index contributed by atoms with van der Waals surface area (Å²) in [6, 6.07) is 0.707. The quantitative estimate of drug-likeness (QED) is 0.869. The summed E-state index contributed by atoms with van der Waals surface area (Å²) < 4.78 is 5.45. The van der Waals surface area contributed by atoms with Gasteiger partial charge in [0, 0.05) is 12.6 Å². The van der Waals surface area contributed by atoms with Crippen LogP contribution in [0.2, 0.25) is 5.28 Å². The topological polar surface area (TPSA) is 63.2 Å². The number of aromatic nitrogens is 3. The van der Waals surface area contributed by atoms with Gasteiger partial charge in [-0.1, -0.05) is 0 Å². The Bertz CT molecular complexity index is 437. The Labute approximate surface area is 124 Å². The van der Waals surface area contributed by atoms with Gasteiger partial charge >= 0.3 is 6.01 Å². The SMILES string of the molecule is CC(C)Oc1nc(Cl)nc(NCC(C)N2CCCC2)n1. The summed E-state index contributed by atoms with van der Waals surface area (Å²) in [6.45, 7) is 9.15. The van der Waals surface area contributed by atoms with Gasteiger partial charge in [0.25, 0.3) is 0 Å². The molecule has 0 bridgehead atoms. The summed E-state index contributed by atoms with van der Waals surface area (Å²) in [6.07, 6.45) is 2.58. The first-order valence-electron chi connectivity index (χ1n) is 7.10. The molecule has 0 aliphatic carbocycles. The molecule has 1 aromatic rings. The van der Waals surface area contributed by atoms with Crippen LogP contribution in [0.3, 0.4) is 0 Å². The normalized spacial score (nSPS) is 17.4. The highest BCUT2D eigenvalue weighted by molar-refractivity contribution is 6.28. The predicted molar refractivity (Wildman–Crippen MR) is 79.4 cm³/mol. The molecular weight excluding hydrogens is 278 g/mol. The maximum Gasteiger partial charge on any atom is 0.322 e. The molecule has 2 heterocycles. The minimum Gasteiger partial charge on any atom is -0.461 e. The van der Waals surface area contributed by atoms with Crippen molar-refractivity contribution in [1.29, 1.82) is 0 Å². The van der Waals surface area contributed by atoms with E-state index >= 15 is 0 Å². The number of nitrogens with zero attached hydrogens (tertiary/aromatic N) is 4. The molecule has 1 N–H and O–H groups in total. The molecule has 0 saturated carbocycles. The third-order valence-electron chi connectivity index (χ3n) is 3.25. The minimum atomic E-state index is 0.00448. The molecule has 0 aromatic carbocycles. The third-order valence-corrected chi connectivity index (χ3v) is 3.42. The lowest BCUT2D eigenvalue weighted by molar-refractivity contribution is 0.221. The molecule has 20 heavy (non-hydrogen) atoms. The van der Waals surface area contributed by atoms with E-state index in [1.54, 1.807) is 0 Å². The van der Waals surface area contributed by atoms with Crippen molar-refractivity contribution in [2.75, 3.05) is 25.0 Å². The number of rotatable bonds is 6. The summed E-state index contributed by atoms with van der Waals surface area (Å²) >= 11 is 5.88. The first-order valence-corrected chi connectivity index (χ1v) is 7.48. The summed E-state index contributed by atoms with van der Waals surface area (Å²) in [5.41, 5.74) is 0. The van der Waals surface area contributed by atoms with Crippen molar-refractivity contribution in [2.45, 2.75) is 45.8 Å². The largest absolute Gasteiger partial charge is 0.461 e. The smallest absolute Gasteiger partial charge is 0.322 e. The molecule has 0 amide bonds. The Morgan fingerprint density at radius 1 is 1.20 bits per heavy atom. The lowest BCUT2D eigenvalue weighted by Crippen LogP contribution is -2.35. The van der Waals surface area contributed by atoms with Crippen molar-refractivity contribution in [1.82, 2.24) is 19.9 Å². The van der Waals surface area contributed by atoms with Crippen LogP contribution in [-0.2, 0) is 0 Å². The summed E-state index contributed by atoms with van der Waals surface area (Å²) in [5.74, 6) is 0.465. The van der Waals surface area contributed by atoms with Crippen molar-refractivity contribution >= 4 is 17.5 Å². The summed E-state index contributed by atoms with van der Waals surface area (Å²) in [4.78, 5) is 14.7. The average molecular weight is 300 g/mol. The second-order valence-corrected chi connectivity index (χ2v) is 5.69. The van der Waals surface area contributed by atoms with Gasteiger partial charge in [-0.05, 0) is 58.3 Å². The third kappa shape index (κ3) is 4.45.